The predicted molar refractivity (Wildman–Crippen MR) is 102 cm³/mol. The van der Waals surface area contributed by atoms with Crippen molar-refractivity contribution in [1.82, 2.24) is 5.43 Å². The number of nitrogens with one attached hydrogen (secondary N) is 2. The van der Waals surface area contributed by atoms with Gasteiger partial charge in [0.15, 0.2) is 0 Å². The number of hydrogen-bond acceptors (Lipinski definition) is 4. The van der Waals surface area contributed by atoms with Gasteiger partial charge in [0, 0.05) is 5.69 Å². The normalized spacial score (nSPS) is 12.4. The van der Waals surface area contributed by atoms with Gasteiger partial charge in [0.25, 0.3) is 5.91 Å². The second kappa shape index (κ2) is 9.47. The third-order valence-corrected chi connectivity index (χ3v) is 3.68. The number of anilines is 1. The van der Waals surface area contributed by atoms with Crippen LogP contribution in [0.4, 0.5) is 5.69 Å². The smallest absolute Gasteiger partial charge is 0.262 e. The molecule has 0 aliphatic rings. The number of benzene rings is 2. The Morgan fingerprint density at radius 1 is 1.08 bits per heavy atom. The van der Waals surface area contributed by atoms with Crippen LogP contribution in [0.25, 0.3) is 0 Å². The molecule has 132 valence electrons. The van der Waals surface area contributed by atoms with Crippen LogP contribution in [0.3, 0.4) is 0 Å². The Balaban J connectivity index is 1.94. The molecule has 5 heteroatoms. The summed E-state index contributed by atoms with van der Waals surface area (Å²) in [6.45, 7) is 6.39. The van der Waals surface area contributed by atoms with E-state index in [0.29, 0.717) is 6.61 Å². The summed E-state index contributed by atoms with van der Waals surface area (Å²) in [5, 5.41) is 7.43. The number of ether oxygens (including phenoxy) is 1. The Labute approximate surface area is 149 Å². The summed E-state index contributed by atoms with van der Waals surface area (Å²) < 4.78 is 5.41. The fraction of sp³-hybridized carbons (Fsp3) is 0.300. The topological polar surface area (TPSA) is 62.7 Å². The SMILES string of the molecule is CCOc1ccc(N[C@H](C)C(=O)NN=C(CC)c2ccccc2)cc1. The van der Waals surface area contributed by atoms with Gasteiger partial charge >= 0.3 is 0 Å². The lowest BCUT2D eigenvalue weighted by atomic mass is 10.1. The first-order chi connectivity index (χ1) is 12.1. The lowest BCUT2D eigenvalue weighted by Crippen LogP contribution is -2.35. The Bertz CT molecular complexity index is 697. The van der Waals surface area contributed by atoms with Gasteiger partial charge in [0.2, 0.25) is 0 Å². The summed E-state index contributed by atoms with van der Waals surface area (Å²) in [6.07, 6.45) is 0.741. The van der Waals surface area contributed by atoms with Gasteiger partial charge in [-0.05, 0) is 50.1 Å². The molecule has 0 aromatic heterocycles. The molecule has 0 radical (unpaired) electrons. The van der Waals surface area contributed by atoms with Crippen molar-refractivity contribution >= 4 is 17.3 Å². The molecule has 0 aliphatic carbocycles. The number of carbonyl (C=O) groups excluding carboxylic acids is 1. The number of carbonyl (C=O) groups is 1. The van der Waals surface area contributed by atoms with Crippen molar-refractivity contribution in [2.75, 3.05) is 11.9 Å². The van der Waals surface area contributed by atoms with Gasteiger partial charge in [-0.2, -0.15) is 5.10 Å². The molecule has 0 saturated carbocycles. The van der Waals surface area contributed by atoms with E-state index in [0.717, 1.165) is 29.1 Å². The van der Waals surface area contributed by atoms with Gasteiger partial charge in [0.1, 0.15) is 11.8 Å². The van der Waals surface area contributed by atoms with Crippen molar-refractivity contribution in [2.24, 2.45) is 5.10 Å². The van der Waals surface area contributed by atoms with E-state index in [4.69, 9.17) is 4.74 Å². The maximum Gasteiger partial charge on any atom is 0.262 e. The van der Waals surface area contributed by atoms with E-state index in [2.05, 4.69) is 15.8 Å². The zero-order chi connectivity index (χ0) is 18.1. The van der Waals surface area contributed by atoms with Crippen LogP contribution in [0.5, 0.6) is 5.75 Å². The van der Waals surface area contributed by atoms with Crippen molar-refractivity contribution in [3.8, 4) is 5.75 Å². The third-order valence-electron chi connectivity index (χ3n) is 3.68. The largest absolute Gasteiger partial charge is 0.494 e. The van der Waals surface area contributed by atoms with Crippen molar-refractivity contribution in [1.29, 1.82) is 0 Å². The fourth-order valence-electron chi connectivity index (χ4n) is 2.33. The average Bonchev–Trinajstić information content (AvgIpc) is 2.64. The molecule has 0 heterocycles. The molecule has 0 unspecified atom stereocenters. The molecule has 5 nitrogen and oxygen atoms in total. The lowest BCUT2D eigenvalue weighted by molar-refractivity contribution is -0.121. The van der Waals surface area contributed by atoms with Gasteiger partial charge in [-0.25, -0.2) is 5.43 Å². The molecule has 0 aliphatic heterocycles. The van der Waals surface area contributed by atoms with Crippen LogP contribution < -0.4 is 15.5 Å². The Kier molecular flexibility index (Phi) is 7.01. The standard InChI is InChI=1S/C20H25N3O2/c1-4-19(16-9-7-6-8-10-16)22-23-20(24)15(3)21-17-11-13-18(14-12-17)25-5-2/h6-15,21H,4-5H2,1-3H3,(H,23,24)/t15-/m1/s1. The molecule has 0 saturated heterocycles. The van der Waals surface area contributed by atoms with Gasteiger partial charge in [-0.3, -0.25) is 4.79 Å². The highest BCUT2D eigenvalue weighted by molar-refractivity contribution is 6.01. The van der Waals surface area contributed by atoms with Crippen LogP contribution >= 0.6 is 0 Å². The minimum absolute atomic E-state index is 0.184. The van der Waals surface area contributed by atoms with Crippen LogP contribution in [0, 0.1) is 0 Å². The first-order valence-electron chi connectivity index (χ1n) is 8.55. The molecule has 1 atom stereocenters. The monoisotopic (exact) mass is 339 g/mol. The molecular weight excluding hydrogens is 314 g/mol. The minimum Gasteiger partial charge on any atom is -0.494 e. The first-order valence-corrected chi connectivity index (χ1v) is 8.55. The highest BCUT2D eigenvalue weighted by atomic mass is 16.5. The van der Waals surface area contributed by atoms with Crippen LogP contribution in [0.2, 0.25) is 0 Å². The van der Waals surface area contributed by atoms with Crippen LogP contribution in [-0.4, -0.2) is 24.3 Å². The molecule has 0 spiro atoms. The summed E-state index contributed by atoms with van der Waals surface area (Å²) in [7, 11) is 0. The van der Waals surface area contributed by atoms with E-state index in [9.17, 15) is 4.79 Å². The summed E-state index contributed by atoms with van der Waals surface area (Å²) >= 11 is 0. The van der Waals surface area contributed by atoms with E-state index in [1.807, 2.05) is 68.4 Å². The number of rotatable bonds is 8. The Morgan fingerprint density at radius 2 is 1.76 bits per heavy atom. The second-order valence-corrected chi connectivity index (χ2v) is 5.58. The Morgan fingerprint density at radius 3 is 2.36 bits per heavy atom. The molecule has 0 fully saturated rings. The first kappa shape index (κ1) is 18.5. The number of hydrazone groups is 1. The molecule has 2 aromatic rings. The second-order valence-electron chi connectivity index (χ2n) is 5.58. The number of hydrogen-bond donors (Lipinski definition) is 2. The van der Waals surface area contributed by atoms with Gasteiger partial charge in [-0.1, -0.05) is 37.3 Å². The van der Waals surface area contributed by atoms with Gasteiger partial charge < -0.3 is 10.1 Å². The summed E-state index contributed by atoms with van der Waals surface area (Å²) in [6, 6.07) is 17.0. The van der Waals surface area contributed by atoms with Gasteiger partial charge in [0.05, 0.1) is 12.3 Å². The molecule has 2 aromatic carbocycles. The zero-order valence-electron chi connectivity index (χ0n) is 15.0. The molecule has 2 N–H and O–H groups in total. The Hall–Kier alpha value is -2.82. The van der Waals surface area contributed by atoms with Crippen LogP contribution in [0.15, 0.2) is 59.7 Å². The highest BCUT2D eigenvalue weighted by Crippen LogP contribution is 2.16. The van der Waals surface area contributed by atoms with Crippen LogP contribution in [-0.2, 0) is 4.79 Å². The summed E-state index contributed by atoms with van der Waals surface area (Å²) in [4.78, 5) is 12.3. The van der Waals surface area contributed by atoms with E-state index in [1.54, 1.807) is 6.92 Å². The third kappa shape index (κ3) is 5.64. The van der Waals surface area contributed by atoms with E-state index < -0.39 is 6.04 Å². The van der Waals surface area contributed by atoms with Crippen molar-refractivity contribution in [3.63, 3.8) is 0 Å². The van der Waals surface area contributed by atoms with Crippen molar-refractivity contribution < 1.29 is 9.53 Å². The van der Waals surface area contributed by atoms with Crippen molar-refractivity contribution in [3.05, 3.63) is 60.2 Å². The predicted octanol–water partition coefficient (Wildman–Crippen LogP) is 3.82. The van der Waals surface area contributed by atoms with E-state index in [1.165, 1.54) is 0 Å². The molecule has 25 heavy (non-hydrogen) atoms. The quantitative estimate of drug-likeness (QED) is 0.568. The molecule has 1 amide bonds. The average molecular weight is 339 g/mol. The van der Waals surface area contributed by atoms with E-state index >= 15 is 0 Å². The zero-order valence-corrected chi connectivity index (χ0v) is 15.0. The summed E-state index contributed by atoms with van der Waals surface area (Å²) in [5.74, 6) is 0.626. The maximum absolute atomic E-state index is 12.3. The van der Waals surface area contributed by atoms with Crippen LogP contribution in [0.1, 0.15) is 32.8 Å². The molecule has 0 bridgehead atoms. The lowest BCUT2D eigenvalue weighted by Gasteiger charge is -2.14. The highest BCUT2D eigenvalue weighted by Gasteiger charge is 2.12. The molecule has 2 rings (SSSR count). The van der Waals surface area contributed by atoms with E-state index in [-0.39, 0.29) is 5.91 Å². The van der Waals surface area contributed by atoms with Gasteiger partial charge in [-0.15, -0.1) is 0 Å². The fourth-order valence-corrected chi connectivity index (χ4v) is 2.33. The molecular formula is C20H25N3O2. The minimum atomic E-state index is -0.407. The number of amides is 1. The number of nitrogens with zero attached hydrogens (tertiary/aromatic N) is 1. The maximum atomic E-state index is 12.3. The summed E-state index contributed by atoms with van der Waals surface area (Å²) in [5.41, 5.74) is 5.36. The van der Waals surface area contributed by atoms with Crippen molar-refractivity contribution in [2.45, 2.75) is 33.2 Å².